The molecule has 1 atom stereocenters. The van der Waals surface area contributed by atoms with Gasteiger partial charge in [-0.15, -0.1) is 0 Å². The highest BCUT2D eigenvalue weighted by molar-refractivity contribution is 5.88. The number of carbonyl (C=O) groups is 2. The van der Waals surface area contributed by atoms with Gasteiger partial charge in [0.05, 0.1) is 0 Å². The summed E-state index contributed by atoms with van der Waals surface area (Å²) in [5.74, 6) is -0.285. The van der Waals surface area contributed by atoms with Crippen molar-refractivity contribution in [2.24, 2.45) is 0 Å². The first kappa shape index (κ1) is 11.0. The van der Waals surface area contributed by atoms with Crippen molar-refractivity contribution in [3.63, 3.8) is 0 Å². The highest BCUT2D eigenvalue weighted by Gasteiger charge is 2.35. The molecule has 1 rings (SSSR count). The second kappa shape index (κ2) is 3.59. The van der Waals surface area contributed by atoms with Gasteiger partial charge in [-0.2, -0.15) is 0 Å². The van der Waals surface area contributed by atoms with Gasteiger partial charge in [-0.3, -0.25) is 4.79 Å². The van der Waals surface area contributed by atoms with Crippen LogP contribution in [0.15, 0.2) is 0 Å². The molecule has 0 aliphatic carbocycles. The Labute approximate surface area is 84.2 Å². The van der Waals surface area contributed by atoms with Crippen LogP contribution in [0.2, 0.25) is 0 Å². The number of hydrogen-bond acceptors (Lipinski definition) is 3. The van der Waals surface area contributed by atoms with Gasteiger partial charge in [0, 0.05) is 13.5 Å². The zero-order valence-electron chi connectivity index (χ0n) is 9.16. The summed E-state index contributed by atoms with van der Waals surface area (Å²) in [5, 5.41) is 0. The molecule has 0 aromatic carbocycles. The van der Waals surface area contributed by atoms with Crippen LogP contribution in [0.25, 0.3) is 0 Å². The van der Waals surface area contributed by atoms with E-state index < -0.39 is 5.60 Å². The molecule has 0 saturated carbocycles. The molecular formula is C10H17NO3. The molecule has 80 valence electrons. The van der Waals surface area contributed by atoms with E-state index in [9.17, 15) is 9.59 Å². The van der Waals surface area contributed by atoms with Gasteiger partial charge in [0.15, 0.2) is 0 Å². The maximum atomic E-state index is 11.6. The van der Waals surface area contributed by atoms with Gasteiger partial charge in [-0.1, -0.05) is 0 Å². The second-order valence-electron chi connectivity index (χ2n) is 4.59. The van der Waals surface area contributed by atoms with Crippen LogP contribution in [0.5, 0.6) is 0 Å². The van der Waals surface area contributed by atoms with Crippen molar-refractivity contribution in [1.29, 1.82) is 0 Å². The van der Waals surface area contributed by atoms with Crippen LogP contribution in [-0.4, -0.2) is 35.5 Å². The van der Waals surface area contributed by atoms with Gasteiger partial charge in [0.25, 0.3) is 0 Å². The van der Waals surface area contributed by atoms with Crippen molar-refractivity contribution in [2.75, 3.05) is 7.05 Å². The number of nitrogens with zero attached hydrogens (tertiary/aromatic N) is 1. The van der Waals surface area contributed by atoms with Crippen LogP contribution in [0.4, 0.5) is 0 Å². The van der Waals surface area contributed by atoms with E-state index in [1.54, 1.807) is 7.05 Å². The minimum absolute atomic E-state index is 0.0147. The van der Waals surface area contributed by atoms with E-state index in [-0.39, 0.29) is 17.9 Å². The van der Waals surface area contributed by atoms with Crippen LogP contribution in [0.3, 0.4) is 0 Å². The fourth-order valence-corrected chi connectivity index (χ4v) is 1.45. The zero-order chi connectivity index (χ0) is 10.9. The Kier molecular flexibility index (Phi) is 2.83. The molecule has 0 aromatic heterocycles. The van der Waals surface area contributed by atoms with Gasteiger partial charge in [-0.05, 0) is 27.2 Å². The summed E-state index contributed by atoms with van der Waals surface area (Å²) in [7, 11) is 1.64. The first-order valence-electron chi connectivity index (χ1n) is 4.80. The maximum Gasteiger partial charge on any atom is 0.329 e. The highest BCUT2D eigenvalue weighted by Crippen LogP contribution is 2.20. The third kappa shape index (κ3) is 2.47. The number of amides is 1. The van der Waals surface area contributed by atoms with Crippen molar-refractivity contribution < 1.29 is 14.3 Å². The van der Waals surface area contributed by atoms with Crippen molar-refractivity contribution in [3.8, 4) is 0 Å². The first-order chi connectivity index (χ1) is 6.31. The molecule has 0 radical (unpaired) electrons. The summed E-state index contributed by atoms with van der Waals surface area (Å²) in [4.78, 5) is 24.2. The van der Waals surface area contributed by atoms with E-state index in [0.717, 1.165) is 0 Å². The SMILES string of the molecule is CN1C(=O)CC[C@H]1C(=O)OC(C)(C)C. The number of carbonyl (C=O) groups excluding carboxylic acids is 2. The quantitative estimate of drug-likeness (QED) is 0.591. The molecule has 14 heavy (non-hydrogen) atoms. The fourth-order valence-electron chi connectivity index (χ4n) is 1.45. The number of rotatable bonds is 1. The Morgan fingerprint density at radius 2 is 2.07 bits per heavy atom. The van der Waals surface area contributed by atoms with Crippen LogP contribution in [-0.2, 0) is 14.3 Å². The zero-order valence-corrected chi connectivity index (χ0v) is 9.16. The largest absolute Gasteiger partial charge is 0.458 e. The minimum Gasteiger partial charge on any atom is -0.458 e. The fraction of sp³-hybridized carbons (Fsp3) is 0.800. The van der Waals surface area contributed by atoms with Crippen LogP contribution in [0, 0.1) is 0 Å². The van der Waals surface area contributed by atoms with E-state index in [4.69, 9.17) is 4.74 Å². The van der Waals surface area contributed by atoms with E-state index in [0.29, 0.717) is 12.8 Å². The average Bonchev–Trinajstić information content (AvgIpc) is 2.29. The molecule has 1 fully saturated rings. The van der Waals surface area contributed by atoms with Gasteiger partial charge >= 0.3 is 5.97 Å². The number of ether oxygens (including phenoxy) is 1. The third-order valence-electron chi connectivity index (χ3n) is 2.17. The summed E-state index contributed by atoms with van der Waals surface area (Å²) in [6, 6.07) is -0.387. The van der Waals surface area contributed by atoms with Crippen LogP contribution >= 0.6 is 0 Å². The molecule has 0 N–H and O–H groups in total. The predicted octanol–water partition coefficient (Wildman–Crippen LogP) is 0.949. The summed E-state index contributed by atoms with van der Waals surface area (Å²) < 4.78 is 5.21. The molecule has 1 aliphatic heterocycles. The predicted molar refractivity (Wildman–Crippen MR) is 51.6 cm³/mol. The van der Waals surface area contributed by atoms with Crippen molar-refractivity contribution in [2.45, 2.75) is 45.3 Å². The summed E-state index contributed by atoms with van der Waals surface area (Å²) in [6.07, 6.45) is 1.02. The summed E-state index contributed by atoms with van der Waals surface area (Å²) in [6.45, 7) is 5.46. The lowest BCUT2D eigenvalue weighted by Crippen LogP contribution is -2.39. The molecule has 4 nitrogen and oxygen atoms in total. The lowest BCUT2D eigenvalue weighted by atomic mass is 10.1. The molecule has 0 aromatic rings. The molecule has 0 bridgehead atoms. The highest BCUT2D eigenvalue weighted by atomic mass is 16.6. The Balaban J connectivity index is 2.58. The number of likely N-dealkylation sites (N-methyl/N-ethyl adjacent to an activating group) is 1. The summed E-state index contributed by atoms with van der Waals surface area (Å²) in [5.41, 5.74) is -0.483. The monoisotopic (exact) mass is 199 g/mol. The van der Waals surface area contributed by atoms with Gasteiger partial charge < -0.3 is 9.64 Å². The molecule has 1 saturated heterocycles. The van der Waals surface area contributed by atoms with E-state index in [1.807, 2.05) is 20.8 Å². The van der Waals surface area contributed by atoms with Crippen LogP contribution < -0.4 is 0 Å². The van der Waals surface area contributed by atoms with Gasteiger partial charge in [0.1, 0.15) is 11.6 Å². The first-order valence-corrected chi connectivity index (χ1v) is 4.80. The van der Waals surface area contributed by atoms with E-state index in [2.05, 4.69) is 0 Å². The second-order valence-corrected chi connectivity index (χ2v) is 4.59. The lowest BCUT2D eigenvalue weighted by molar-refractivity contribution is -0.161. The Morgan fingerprint density at radius 3 is 2.43 bits per heavy atom. The third-order valence-corrected chi connectivity index (χ3v) is 2.17. The molecule has 1 heterocycles. The Hall–Kier alpha value is -1.06. The standard InChI is InChI=1S/C10H17NO3/c1-10(2,3)14-9(13)7-5-6-8(12)11(7)4/h7H,5-6H2,1-4H3/t7-/m0/s1. The molecule has 0 unspecified atom stereocenters. The van der Waals surface area contributed by atoms with Crippen LogP contribution in [0.1, 0.15) is 33.6 Å². The lowest BCUT2D eigenvalue weighted by Gasteiger charge is -2.24. The maximum absolute atomic E-state index is 11.6. The van der Waals surface area contributed by atoms with Crippen molar-refractivity contribution in [1.82, 2.24) is 4.90 Å². The summed E-state index contributed by atoms with van der Waals surface area (Å²) >= 11 is 0. The van der Waals surface area contributed by atoms with Crippen molar-refractivity contribution >= 4 is 11.9 Å². The van der Waals surface area contributed by atoms with E-state index >= 15 is 0 Å². The number of esters is 1. The van der Waals surface area contributed by atoms with Gasteiger partial charge in [-0.25, -0.2) is 4.79 Å². The normalized spacial score (nSPS) is 22.7. The number of likely N-dealkylation sites (tertiary alicyclic amines) is 1. The molecule has 0 spiro atoms. The average molecular weight is 199 g/mol. The molecule has 1 aliphatic rings. The molecule has 1 amide bonds. The topological polar surface area (TPSA) is 46.6 Å². The van der Waals surface area contributed by atoms with Gasteiger partial charge in [0.2, 0.25) is 5.91 Å². The smallest absolute Gasteiger partial charge is 0.329 e. The molecule has 4 heteroatoms. The van der Waals surface area contributed by atoms with E-state index in [1.165, 1.54) is 4.90 Å². The Morgan fingerprint density at radius 1 is 1.50 bits per heavy atom. The van der Waals surface area contributed by atoms with Crippen molar-refractivity contribution in [3.05, 3.63) is 0 Å². The minimum atomic E-state index is -0.483. The molecular weight excluding hydrogens is 182 g/mol. The number of hydrogen-bond donors (Lipinski definition) is 0. The Bertz CT molecular complexity index is 255.